The number of halogens is 1. The maximum Gasteiger partial charge on any atom is 0.262 e. The topological polar surface area (TPSA) is 60.9 Å². The molecule has 0 N–H and O–H groups in total. The average Bonchev–Trinajstić information content (AvgIpc) is 3.30. The third-order valence-corrected chi connectivity index (χ3v) is 5.31. The van der Waals surface area contributed by atoms with Crippen molar-refractivity contribution in [3.63, 3.8) is 0 Å². The molecule has 2 heterocycles. The van der Waals surface area contributed by atoms with Crippen molar-refractivity contribution in [2.24, 2.45) is 0 Å². The van der Waals surface area contributed by atoms with Crippen molar-refractivity contribution in [1.82, 2.24) is 14.7 Å². The minimum atomic E-state index is -0.367. The predicted octanol–water partition coefficient (Wildman–Crippen LogP) is 5.41. The van der Waals surface area contributed by atoms with E-state index >= 15 is 0 Å². The summed E-state index contributed by atoms with van der Waals surface area (Å²) in [7, 11) is 0. The van der Waals surface area contributed by atoms with Crippen LogP contribution in [0.3, 0.4) is 0 Å². The van der Waals surface area contributed by atoms with Gasteiger partial charge in [0, 0.05) is 28.2 Å². The molecule has 0 fully saturated rings. The molecule has 3 aromatic carbocycles. The van der Waals surface area contributed by atoms with E-state index in [4.69, 9.17) is 4.52 Å². The molecule has 0 saturated carbocycles. The van der Waals surface area contributed by atoms with Crippen LogP contribution in [0, 0.1) is 5.82 Å². The van der Waals surface area contributed by atoms with Crippen LogP contribution in [0.15, 0.2) is 88.3 Å². The Bertz CT molecular complexity index is 1430. The van der Waals surface area contributed by atoms with Gasteiger partial charge >= 0.3 is 0 Å². The van der Waals surface area contributed by atoms with E-state index in [1.54, 1.807) is 30.5 Å². The first-order valence-corrected chi connectivity index (χ1v) is 9.98. The van der Waals surface area contributed by atoms with Crippen molar-refractivity contribution < 1.29 is 8.91 Å². The lowest BCUT2D eigenvalue weighted by Crippen LogP contribution is -2.18. The summed E-state index contributed by atoms with van der Waals surface area (Å²) in [6.07, 6.45) is 2.62. The van der Waals surface area contributed by atoms with Crippen molar-refractivity contribution in [3.05, 3.63) is 101 Å². The third-order valence-electron chi connectivity index (χ3n) is 5.31. The lowest BCUT2D eigenvalue weighted by atomic mass is 10.1. The van der Waals surface area contributed by atoms with E-state index in [9.17, 15) is 9.18 Å². The van der Waals surface area contributed by atoms with Gasteiger partial charge in [-0.1, -0.05) is 54.5 Å². The van der Waals surface area contributed by atoms with Crippen molar-refractivity contribution in [1.29, 1.82) is 0 Å². The van der Waals surface area contributed by atoms with Gasteiger partial charge in [0.15, 0.2) is 0 Å². The fraction of sp³-hybridized carbons (Fsp3) is 0.0800. The highest BCUT2D eigenvalue weighted by molar-refractivity contribution is 5.94. The zero-order chi connectivity index (χ0) is 21.4. The van der Waals surface area contributed by atoms with Gasteiger partial charge in [0.05, 0.1) is 5.56 Å². The van der Waals surface area contributed by atoms with E-state index in [-0.39, 0.29) is 11.4 Å². The minimum Gasteiger partial charge on any atom is -0.334 e. The Morgan fingerprint density at radius 3 is 2.35 bits per heavy atom. The van der Waals surface area contributed by atoms with E-state index in [0.29, 0.717) is 33.7 Å². The SMILES string of the molecule is CCc1ccc(-c2noc(-c3cn(-c4ccc(F)cc4)c(=O)c4ccccc34)n2)cc1. The summed E-state index contributed by atoms with van der Waals surface area (Å²) in [4.78, 5) is 17.7. The van der Waals surface area contributed by atoms with Crippen LogP contribution in [-0.4, -0.2) is 14.7 Å². The van der Waals surface area contributed by atoms with E-state index < -0.39 is 0 Å². The van der Waals surface area contributed by atoms with Gasteiger partial charge in [-0.15, -0.1) is 0 Å². The molecule has 5 rings (SSSR count). The number of benzene rings is 3. The Balaban J connectivity index is 1.68. The molecular weight excluding hydrogens is 393 g/mol. The van der Waals surface area contributed by atoms with Crippen LogP contribution in [0.2, 0.25) is 0 Å². The highest BCUT2D eigenvalue weighted by Gasteiger charge is 2.17. The van der Waals surface area contributed by atoms with Gasteiger partial charge in [0.1, 0.15) is 5.82 Å². The highest BCUT2D eigenvalue weighted by Crippen LogP contribution is 2.28. The van der Waals surface area contributed by atoms with Crippen molar-refractivity contribution in [2.45, 2.75) is 13.3 Å². The number of fused-ring (bicyclic) bond motifs is 1. The summed E-state index contributed by atoms with van der Waals surface area (Å²) in [6, 6.07) is 21.0. The number of pyridine rings is 1. The van der Waals surface area contributed by atoms with Gasteiger partial charge in [-0.3, -0.25) is 9.36 Å². The Hall–Kier alpha value is -4.06. The van der Waals surface area contributed by atoms with E-state index in [2.05, 4.69) is 17.1 Å². The van der Waals surface area contributed by atoms with E-state index in [1.807, 2.05) is 36.4 Å². The summed E-state index contributed by atoms with van der Waals surface area (Å²) in [5.74, 6) is 0.413. The molecule has 2 aromatic heterocycles. The van der Waals surface area contributed by atoms with Gasteiger partial charge < -0.3 is 4.52 Å². The molecule has 0 aliphatic rings. The Morgan fingerprint density at radius 2 is 1.65 bits per heavy atom. The van der Waals surface area contributed by atoms with Gasteiger partial charge in [0.25, 0.3) is 11.4 Å². The normalized spacial score (nSPS) is 11.2. The molecule has 0 aliphatic heterocycles. The molecule has 0 saturated heterocycles. The molecule has 5 nitrogen and oxygen atoms in total. The molecule has 152 valence electrons. The molecule has 5 aromatic rings. The maximum atomic E-state index is 13.4. The van der Waals surface area contributed by atoms with Gasteiger partial charge in [0.2, 0.25) is 5.82 Å². The molecule has 0 spiro atoms. The van der Waals surface area contributed by atoms with E-state index in [1.165, 1.54) is 22.3 Å². The zero-order valence-corrected chi connectivity index (χ0v) is 16.7. The molecule has 0 amide bonds. The van der Waals surface area contributed by atoms with Crippen LogP contribution in [0.25, 0.3) is 39.3 Å². The van der Waals surface area contributed by atoms with Crippen molar-refractivity contribution >= 4 is 10.8 Å². The summed E-state index contributed by atoms with van der Waals surface area (Å²) >= 11 is 0. The molecular formula is C25H18FN3O2. The highest BCUT2D eigenvalue weighted by atomic mass is 19.1. The molecule has 0 unspecified atom stereocenters. The largest absolute Gasteiger partial charge is 0.334 e. The van der Waals surface area contributed by atoms with E-state index in [0.717, 1.165) is 12.0 Å². The molecule has 31 heavy (non-hydrogen) atoms. The summed E-state index contributed by atoms with van der Waals surface area (Å²) in [6.45, 7) is 2.10. The number of rotatable bonds is 4. The molecule has 0 aliphatic carbocycles. The number of hydrogen-bond acceptors (Lipinski definition) is 4. The van der Waals surface area contributed by atoms with Crippen molar-refractivity contribution in [2.75, 3.05) is 0 Å². The van der Waals surface area contributed by atoms with Gasteiger partial charge in [-0.25, -0.2) is 4.39 Å². The maximum absolute atomic E-state index is 13.4. The third kappa shape index (κ3) is 3.42. The fourth-order valence-corrected chi connectivity index (χ4v) is 3.60. The van der Waals surface area contributed by atoms with Crippen LogP contribution >= 0.6 is 0 Å². The first-order chi connectivity index (χ1) is 15.1. The Labute approximate surface area is 177 Å². The summed E-state index contributed by atoms with van der Waals surface area (Å²) < 4.78 is 20.4. The minimum absolute atomic E-state index is 0.208. The predicted molar refractivity (Wildman–Crippen MR) is 118 cm³/mol. The number of hydrogen-bond donors (Lipinski definition) is 0. The number of aromatic nitrogens is 3. The lowest BCUT2D eigenvalue weighted by molar-refractivity contribution is 0.432. The fourth-order valence-electron chi connectivity index (χ4n) is 3.60. The van der Waals surface area contributed by atoms with Gasteiger partial charge in [-0.2, -0.15) is 4.98 Å². The summed E-state index contributed by atoms with van der Waals surface area (Å²) in [5, 5.41) is 5.36. The Kier molecular flexibility index (Phi) is 4.67. The molecule has 0 bridgehead atoms. The second-order valence-corrected chi connectivity index (χ2v) is 7.21. The molecule has 6 heteroatoms. The van der Waals surface area contributed by atoms with Gasteiger partial charge in [-0.05, 0) is 42.3 Å². The monoisotopic (exact) mass is 411 g/mol. The van der Waals surface area contributed by atoms with Crippen LogP contribution in [0.5, 0.6) is 0 Å². The molecule has 0 atom stereocenters. The quantitative estimate of drug-likeness (QED) is 0.397. The second kappa shape index (κ2) is 7.65. The van der Waals surface area contributed by atoms with Crippen LogP contribution in [0.1, 0.15) is 12.5 Å². The zero-order valence-electron chi connectivity index (χ0n) is 16.7. The first-order valence-electron chi connectivity index (χ1n) is 9.98. The summed E-state index contributed by atoms with van der Waals surface area (Å²) in [5.41, 5.74) is 3.05. The first kappa shape index (κ1) is 18.9. The second-order valence-electron chi connectivity index (χ2n) is 7.21. The lowest BCUT2D eigenvalue weighted by Gasteiger charge is -2.10. The standard InChI is InChI=1S/C25H18FN3O2/c1-2-16-7-9-17(10-8-16)23-27-24(31-28-23)22-15-29(19-13-11-18(26)12-14-19)25(30)21-6-4-3-5-20(21)22/h3-15H,2H2,1H3. The Morgan fingerprint density at radius 1 is 0.935 bits per heavy atom. The molecule has 0 radical (unpaired) electrons. The van der Waals surface area contributed by atoms with Crippen LogP contribution in [0.4, 0.5) is 4.39 Å². The smallest absolute Gasteiger partial charge is 0.262 e. The van der Waals surface area contributed by atoms with Crippen LogP contribution < -0.4 is 5.56 Å². The average molecular weight is 411 g/mol. The number of aryl methyl sites for hydroxylation is 1. The van der Waals surface area contributed by atoms with Crippen LogP contribution in [-0.2, 0) is 6.42 Å². The number of nitrogens with zero attached hydrogens (tertiary/aromatic N) is 3. The van der Waals surface area contributed by atoms with Crippen molar-refractivity contribution in [3.8, 4) is 28.5 Å².